The molecule has 1 aliphatic carbocycles. The number of esters is 1. The highest BCUT2D eigenvalue weighted by Gasteiger charge is 2.29. The quantitative estimate of drug-likeness (QED) is 0.272. The number of azide groups is 1. The second-order valence-electron chi connectivity index (χ2n) is 2.89. The van der Waals surface area contributed by atoms with Gasteiger partial charge in [0.25, 0.3) is 0 Å². The van der Waals surface area contributed by atoms with Gasteiger partial charge in [0.15, 0.2) is 0 Å². The zero-order chi connectivity index (χ0) is 8.97. The van der Waals surface area contributed by atoms with E-state index in [0.29, 0.717) is 6.42 Å². The Morgan fingerprint density at radius 2 is 2.42 bits per heavy atom. The van der Waals surface area contributed by atoms with Gasteiger partial charge in [-0.25, -0.2) is 0 Å². The monoisotopic (exact) mass is 169 g/mol. The lowest BCUT2D eigenvalue weighted by Crippen LogP contribution is -2.13. The van der Waals surface area contributed by atoms with Gasteiger partial charge in [-0.3, -0.25) is 4.79 Å². The maximum absolute atomic E-state index is 11.0. The Balaban J connectivity index is 2.45. The van der Waals surface area contributed by atoms with E-state index in [9.17, 15) is 4.79 Å². The van der Waals surface area contributed by atoms with Crippen LogP contribution < -0.4 is 0 Å². The Morgan fingerprint density at radius 1 is 1.67 bits per heavy atom. The van der Waals surface area contributed by atoms with Gasteiger partial charge in [0.05, 0.1) is 13.0 Å². The molecule has 66 valence electrons. The van der Waals surface area contributed by atoms with Crippen molar-refractivity contribution in [2.45, 2.75) is 25.3 Å². The number of carbonyl (C=O) groups excluding carboxylic acids is 1. The van der Waals surface area contributed by atoms with E-state index in [4.69, 9.17) is 5.53 Å². The average Bonchev–Trinajstić information content (AvgIpc) is 2.52. The molecule has 0 aromatic rings. The molecule has 2 atom stereocenters. The van der Waals surface area contributed by atoms with Crippen molar-refractivity contribution in [3.8, 4) is 0 Å². The first-order chi connectivity index (χ1) is 5.77. The first-order valence-electron chi connectivity index (χ1n) is 3.90. The number of hydrogen-bond acceptors (Lipinski definition) is 3. The summed E-state index contributed by atoms with van der Waals surface area (Å²) in [5.41, 5.74) is 8.15. The molecule has 0 amide bonds. The molecule has 0 aromatic heterocycles. The molecule has 0 radical (unpaired) electrons. The molecule has 1 rings (SSSR count). The topological polar surface area (TPSA) is 75.1 Å². The van der Waals surface area contributed by atoms with Crippen LogP contribution in [0.15, 0.2) is 5.11 Å². The van der Waals surface area contributed by atoms with Crippen molar-refractivity contribution in [2.24, 2.45) is 11.0 Å². The van der Waals surface area contributed by atoms with Gasteiger partial charge in [-0.2, -0.15) is 0 Å². The van der Waals surface area contributed by atoms with E-state index in [-0.39, 0.29) is 17.9 Å². The van der Waals surface area contributed by atoms with Crippen LogP contribution in [-0.4, -0.2) is 19.1 Å². The van der Waals surface area contributed by atoms with E-state index in [2.05, 4.69) is 14.8 Å². The van der Waals surface area contributed by atoms with Crippen molar-refractivity contribution >= 4 is 5.97 Å². The minimum atomic E-state index is -0.189. The van der Waals surface area contributed by atoms with Crippen LogP contribution in [0.2, 0.25) is 0 Å². The number of rotatable bonds is 2. The molecule has 0 heterocycles. The smallest absolute Gasteiger partial charge is 0.308 e. The summed E-state index contributed by atoms with van der Waals surface area (Å²) in [5, 5.41) is 3.56. The summed E-state index contributed by atoms with van der Waals surface area (Å²) in [7, 11) is 1.38. The molecule has 5 heteroatoms. The van der Waals surface area contributed by atoms with Crippen molar-refractivity contribution in [3.05, 3.63) is 10.4 Å². The lowest BCUT2D eigenvalue weighted by Gasteiger charge is -2.04. The maximum Gasteiger partial charge on any atom is 0.308 e. The first-order valence-corrected chi connectivity index (χ1v) is 3.90. The van der Waals surface area contributed by atoms with E-state index in [1.54, 1.807) is 0 Å². The van der Waals surface area contributed by atoms with E-state index in [1.807, 2.05) is 0 Å². The van der Waals surface area contributed by atoms with Gasteiger partial charge in [0, 0.05) is 11.0 Å². The predicted octanol–water partition coefficient (Wildman–Crippen LogP) is 1.64. The molecular formula is C7H11N3O2. The molecule has 0 aliphatic heterocycles. The summed E-state index contributed by atoms with van der Waals surface area (Å²) < 4.78 is 4.59. The molecule has 1 fully saturated rings. The van der Waals surface area contributed by atoms with E-state index >= 15 is 0 Å². The second-order valence-corrected chi connectivity index (χ2v) is 2.89. The highest BCUT2D eigenvalue weighted by Crippen LogP contribution is 2.28. The highest BCUT2D eigenvalue weighted by atomic mass is 16.5. The zero-order valence-corrected chi connectivity index (χ0v) is 6.93. The van der Waals surface area contributed by atoms with Crippen LogP contribution in [-0.2, 0) is 9.53 Å². The minimum Gasteiger partial charge on any atom is -0.469 e. The molecule has 0 aromatic carbocycles. The molecule has 12 heavy (non-hydrogen) atoms. The second kappa shape index (κ2) is 3.97. The Hall–Kier alpha value is -1.22. The van der Waals surface area contributed by atoms with E-state index in [1.165, 1.54) is 7.11 Å². The normalized spacial score (nSPS) is 27.8. The fraction of sp³-hybridized carbons (Fsp3) is 0.857. The third-order valence-corrected chi connectivity index (χ3v) is 2.15. The fourth-order valence-electron chi connectivity index (χ4n) is 1.52. The van der Waals surface area contributed by atoms with Crippen LogP contribution in [0.4, 0.5) is 0 Å². The predicted molar refractivity (Wildman–Crippen MR) is 42.3 cm³/mol. The van der Waals surface area contributed by atoms with Gasteiger partial charge in [-0.15, -0.1) is 0 Å². The molecule has 0 unspecified atom stereocenters. The van der Waals surface area contributed by atoms with Crippen LogP contribution in [0.25, 0.3) is 10.4 Å². The van der Waals surface area contributed by atoms with E-state index < -0.39 is 0 Å². The van der Waals surface area contributed by atoms with Gasteiger partial charge >= 0.3 is 5.97 Å². The summed E-state index contributed by atoms with van der Waals surface area (Å²) in [6, 6.07) is -0.0147. The Kier molecular flexibility index (Phi) is 2.94. The largest absolute Gasteiger partial charge is 0.469 e. The zero-order valence-electron chi connectivity index (χ0n) is 6.93. The van der Waals surface area contributed by atoms with Gasteiger partial charge in [0.1, 0.15) is 0 Å². The van der Waals surface area contributed by atoms with Gasteiger partial charge in [0.2, 0.25) is 0 Å². The van der Waals surface area contributed by atoms with Crippen molar-refractivity contribution in [2.75, 3.05) is 7.11 Å². The fourth-order valence-corrected chi connectivity index (χ4v) is 1.52. The summed E-state index contributed by atoms with van der Waals surface area (Å²) in [5.74, 6) is -0.254. The lowest BCUT2D eigenvalue weighted by atomic mass is 10.1. The van der Waals surface area contributed by atoms with Crippen molar-refractivity contribution < 1.29 is 9.53 Å². The van der Waals surface area contributed by atoms with Crippen molar-refractivity contribution in [1.29, 1.82) is 0 Å². The number of methoxy groups -OCH3 is 1. The standard InChI is InChI=1S/C7H11N3O2/c1-12-7(11)5-2-3-6(4-5)9-10-8/h5-6H,2-4H2,1H3/t5-,6-/m0/s1. The molecule has 1 aliphatic rings. The molecule has 5 nitrogen and oxygen atoms in total. The molecule has 0 saturated heterocycles. The van der Waals surface area contributed by atoms with Crippen LogP contribution >= 0.6 is 0 Å². The Morgan fingerprint density at radius 3 is 3.00 bits per heavy atom. The summed E-state index contributed by atoms with van der Waals surface area (Å²) in [6.45, 7) is 0. The minimum absolute atomic E-state index is 0.0147. The first kappa shape index (κ1) is 8.87. The molecule has 0 spiro atoms. The van der Waals surface area contributed by atoms with Crippen LogP contribution in [0.3, 0.4) is 0 Å². The molecule has 1 saturated carbocycles. The number of ether oxygens (including phenoxy) is 1. The van der Waals surface area contributed by atoms with Gasteiger partial charge in [-0.1, -0.05) is 5.11 Å². The average molecular weight is 169 g/mol. The third-order valence-electron chi connectivity index (χ3n) is 2.15. The SMILES string of the molecule is COC(=O)[C@H]1CC[C@H](N=[N+]=[N-])C1. The van der Waals surface area contributed by atoms with Crippen LogP contribution in [0, 0.1) is 5.92 Å². The molecule has 0 N–H and O–H groups in total. The number of carbonyl (C=O) groups is 1. The van der Waals surface area contributed by atoms with Crippen LogP contribution in [0.1, 0.15) is 19.3 Å². The lowest BCUT2D eigenvalue weighted by molar-refractivity contribution is -0.145. The Bertz CT molecular complexity index is 223. The summed E-state index contributed by atoms with van der Waals surface area (Å²) in [4.78, 5) is 13.7. The summed E-state index contributed by atoms with van der Waals surface area (Å²) in [6.07, 6.45) is 2.21. The third kappa shape index (κ3) is 1.89. The molecule has 0 bridgehead atoms. The summed E-state index contributed by atoms with van der Waals surface area (Å²) >= 11 is 0. The number of nitrogens with zero attached hydrogens (tertiary/aromatic N) is 3. The van der Waals surface area contributed by atoms with Gasteiger partial charge in [-0.05, 0) is 24.8 Å². The Labute approximate surface area is 70.3 Å². The van der Waals surface area contributed by atoms with Crippen LogP contribution in [0.5, 0.6) is 0 Å². The van der Waals surface area contributed by atoms with Crippen molar-refractivity contribution in [1.82, 2.24) is 0 Å². The van der Waals surface area contributed by atoms with Crippen molar-refractivity contribution in [3.63, 3.8) is 0 Å². The number of hydrogen-bond donors (Lipinski definition) is 0. The van der Waals surface area contributed by atoms with Gasteiger partial charge < -0.3 is 4.74 Å². The highest BCUT2D eigenvalue weighted by molar-refractivity contribution is 5.72. The van der Waals surface area contributed by atoms with E-state index in [0.717, 1.165) is 12.8 Å². The molecular weight excluding hydrogens is 158 g/mol. The maximum atomic E-state index is 11.0.